The van der Waals surface area contributed by atoms with Crippen LogP contribution in [-0.2, 0) is 4.79 Å². The summed E-state index contributed by atoms with van der Waals surface area (Å²) in [6, 6.07) is 10.3. The van der Waals surface area contributed by atoms with Crippen molar-refractivity contribution in [2.24, 2.45) is 5.73 Å². The van der Waals surface area contributed by atoms with Gasteiger partial charge in [0.25, 0.3) is 5.95 Å². The maximum absolute atomic E-state index is 12.7. The summed E-state index contributed by atoms with van der Waals surface area (Å²) in [5.41, 5.74) is 6.92. The van der Waals surface area contributed by atoms with Crippen molar-refractivity contribution in [2.45, 2.75) is 13.0 Å². The molecule has 0 aliphatic heterocycles. The van der Waals surface area contributed by atoms with E-state index in [4.69, 9.17) is 15.9 Å². The normalized spacial score (nSPS) is 11.5. The maximum atomic E-state index is 12.7. The van der Waals surface area contributed by atoms with Crippen LogP contribution in [0.25, 0.3) is 12.0 Å². The molecule has 0 spiro atoms. The van der Waals surface area contributed by atoms with Crippen LogP contribution in [0.4, 0.5) is 5.69 Å². The number of phenolic OH excluding ortho intramolecular Hbond substituents is 1. The fraction of sp³-hybridized carbons (Fsp3) is 0.0833. The van der Waals surface area contributed by atoms with Crippen molar-refractivity contribution in [3.8, 4) is 17.4 Å². The first kappa shape index (κ1) is 23.9. The molecule has 2 heterocycles. The van der Waals surface area contributed by atoms with Crippen molar-refractivity contribution in [1.82, 2.24) is 24.7 Å². The average molecular weight is 486 g/mol. The summed E-state index contributed by atoms with van der Waals surface area (Å²) in [4.78, 5) is 35.1. The molecule has 0 amide bonds. The van der Waals surface area contributed by atoms with E-state index in [0.717, 1.165) is 4.68 Å². The number of hydrogen-bond acceptors (Lipinski definition) is 9. The molecule has 12 heteroatoms. The number of H-pyrrole nitrogens is 1. The van der Waals surface area contributed by atoms with Crippen molar-refractivity contribution in [2.75, 3.05) is 5.32 Å². The lowest BCUT2D eigenvalue weighted by Crippen LogP contribution is -2.18. The Morgan fingerprint density at radius 1 is 1.28 bits per heavy atom. The predicted molar refractivity (Wildman–Crippen MR) is 132 cm³/mol. The van der Waals surface area contributed by atoms with Gasteiger partial charge in [-0.05, 0) is 47.5 Å². The Bertz CT molecular complexity index is 1510. The van der Waals surface area contributed by atoms with Gasteiger partial charge in [0.05, 0.1) is 5.56 Å². The number of benzene rings is 2. The van der Waals surface area contributed by atoms with Crippen LogP contribution in [0.1, 0.15) is 35.5 Å². The van der Waals surface area contributed by atoms with E-state index in [9.17, 15) is 14.7 Å². The Labute approximate surface area is 204 Å². The molecule has 2 aromatic heterocycles. The van der Waals surface area contributed by atoms with E-state index in [1.54, 1.807) is 24.3 Å². The van der Waals surface area contributed by atoms with Crippen LogP contribution in [0.15, 0.2) is 66.2 Å². The molecular weight excluding hydrogens is 464 g/mol. The highest BCUT2D eigenvalue weighted by atomic mass is 16.5. The number of aromatic nitrogens is 5. The molecule has 0 aliphatic carbocycles. The third-order valence-electron chi connectivity index (χ3n) is 5.02. The van der Waals surface area contributed by atoms with Gasteiger partial charge in [0, 0.05) is 31.1 Å². The number of phenols is 1. The predicted octanol–water partition coefficient (Wildman–Crippen LogP) is 2.11. The highest BCUT2D eigenvalue weighted by molar-refractivity contribution is 5.98. The number of nitrogens with two attached hydrogens (primary N) is 1. The number of aromatic hydroxyl groups is 1. The quantitative estimate of drug-likeness (QED) is 0.108. The lowest BCUT2D eigenvalue weighted by Gasteiger charge is -2.20. The second-order valence-electron chi connectivity index (χ2n) is 7.63. The van der Waals surface area contributed by atoms with E-state index >= 15 is 0 Å². The molecule has 4 aromatic rings. The zero-order valence-electron chi connectivity index (χ0n) is 19.1. The number of hydrogen-bond donors (Lipinski definition) is 5. The van der Waals surface area contributed by atoms with E-state index in [-0.39, 0.29) is 34.7 Å². The molecule has 2 aromatic carbocycles. The van der Waals surface area contributed by atoms with Gasteiger partial charge in [0.1, 0.15) is 23.4 Å². The Morgan fingerprint density at radius 3 is 2.69 bits per heavy atom. The largest absolute Gasteiger partial charge is 0.508 e. The number of anilines is 1. The lowest BCUT2D eigenvalue weighted by molar-refractivity contribution is -0.131. The highest BCUT2D eigenvalue weighted by Crippen LogP contribution is 2.31. The van der Waals surface area contributed by atoms with Gasteiger partial charge >= 0.3 is 11.7 Å². The molecule has 36 heavy (non-hydrogen) atoms. The van der Waals surface area contributed by atoms with Crippen LogP contribution in [0, 0.1) is 5.41 Å². The molecule has 6 N–H and O–H groups in total. The van der Waals surface area contributed by atoms with Crippen LogP contribution in [0.5, 0.6) is 11.5 Å². The van der Waals surface area contributed by atoms with Gasteiger partial charge in [-0.25, -0.2) is 14.8 Å². The topological polar surface area (TPSA) is 185 Å². The number of nitrogens with zero attached hydrogens (tertiary/aromatic N) is 4. The first-order valence-electron chi connectivity index (χ1n) is 10.6. The molecule has 0 bridgehead atoms. The van der Waals surface area contributed by atoms with Gasteiger partial charge in [-0.3, -0.25) is 15.2 Å². The minimum Gasteiger partial charge on any atom is -0.508 e. The van der Waals surface area contributed by atoms with Gasteiger partial charge in [-0.15, -0.1) is 9.78 Å². The lowest BCUT2D eigenvalue weighted by atomic mass is 10.0. The SMILES string of the molecule is C=Cc1cc(O)cc(C(Nc2ccc(C(=N)N)c(OC(C)=O)c2)c2nn(-c3ncccn3)c(=O)[nH]2)c1. The van der Waals surface area contributed by atoms with E-state index in [0.29, 0.717) is 16.8 Å². The minimum absolute atomic E-state index is 0.0186. The van der Waals surface area contributed by atoms with Crippen LogP contribution >= 0.6 is 0 Å². The Hall–Kier alpha value is -5.26. The zero-order valence-corrected chi connectivity index (χ0v) is 19.1. The van der Waals surface area contributed by atoms with Gasteiger partial charge in [0.2, 0.25) is 0 Å². The van der Waals surface area contributed by atoms with Crippen molar-refractivity contribution in [1.29, 1.82) is 5.41 Å². The van der Waals surface area contributed by atoms with E-state index in [1.807, 2.05) is 0 Å². The average Bonchev–Trinajstić information content (AvgIpc) is 3.23. The maximum Gasteiger partial charge on any atom is 0.350 e. The fourth-order valence-electron chi connectivity index (χ4n) is 3.50. The summed E-state index contributed by atoms with van der Waals surface area (Å²) in [5.74, 6) is -0.523. The number of nitrogens with one attached hydrogen (secondary N) is 3. The summed E-state index contributed by atoms with van der Waals surface area (Å²) in [7, 11) is 0. The molecule has 12 nitrogen and oxygen atoms in total. The summed E-state index contributed by atoms with van der Waals surface area (Å²) >= 11 is 0. The molecular formula is C24H22N8O4. The summed E-state index contributed by atoms with van der Waals surface area (Å²) in [5, 5.41) is 25.6. The van der Waals surface area contributed by atoms with Crippen LogP contribution < -0.4 is 21.5 Å². The Morgan fingerprint density at radius 2 is 2.03 bits per heavy atom. The fourth-order valence-corrected chi connectivity index (χ4v) is 3.50. The number of aromatic amines is 1. The first-order chi connectivity index (χ1) is 17.2. The number of nitrogen functional groups attached to an aromatic ring is 1. The smallest absolute Gasteiger partial charge is 0.350 e. The summed E-state index contributed by atoms with van der Waals surface area (Å²) in [6.07, 6.45) is 4.54. The molecule has 1 unspecified atom stereocenters. The third-order valence-corrected chi connectivity index (χ3v) is 5.02. The van der Waals surface area contributed by atoms with Gasteiger partial charge in [-0.1, -0.05) is 12.7 Å². The van der Waals surface area contributed by atoms with Gasteiger partial charge < -0.3 is 20.9 Å². The number of rotatable bonds is 8. The van der Waals surface area contributed by atoms with Crippen molar-refractivity contribution < 1.29 is 14.6 Å². The minimum atomic E-state index is -0.790. The molecule has 4 rings (SSSR count). The van der Waals surface area contributed by atoms with Crippen LogP contribution in [0.3, 0.4) is 0 Å². The Balaban J connectivity index is 1.83. The summed E-state index contributed by atoms with van der Waals surface area (Å²) in [6.45, 7) is 4.98. The standard InChI is InChI=1S/C24H22N8O4/c1-3-14-9-15(11-17(34)10-14)20(22-30-24(35)32(31-22)23-27-7-4-8-28-23)29-16-5-6-18(21(25)26)19(12-16)36-13(2)33/h3-12,20,29,34H,1H2,2H3,(H3,25,26)(H,30,31,35). The summed E-state index contributed by atoms with van der Waals surface area (Å²) < 4.78 is 6.25. The number of carbonyl (C=O) groups excluding carboxylic acids is 1. The van der Waals surface area contributed by atoms with E-state index < -0.39 is 17.7 Å². The second kappa shape index (κ2) is 9.93. The third kappa shape index (κ3) is 5.12. The van der Waals surface area contributed by atoms with Crippen LogP contribution in [-0.4, -0.2) is 41.6 Å². The number of carbonyl (C=O) groups is 1. The Kier molecular flexibility index (Phi) is 6.59. The van der Waals surface area contributed by atoms with Gasteiger partial charge in [0.15, 0.2) is 5.82 Å². The van der Waals surface area contributed by atoms with Crippen LogP contribution in [0.2, 0.25) is 0 Å². The van der Waals surface area contributed by atoms with E-state index in [2.05, 4.69) is 31.9 Å². The number of ether oxygens (including phenoxy) is 1. The zero-order chi connectivity index (χ0) is 25.8. The first-order valence-corrected chi connectivity index (χ1v) is 10.6. The van der Waals surface area contributed by atoms with Crippen molar-refractivity contribution in [3.63, 3.8) is 0 Å². The molecule has 0 saturated heterocycles. The molecule has 0 radical (unpaired) electrons. The molecule has 0 saturated carbocycles. The highest BCUT2D eigenvalue weighted by Gasteiger charge is 2.23. The molecule has 0 aliphatic rings. The van der Waals surface area contributed by atoms with Crippen molar-refractivity contribution >= 4 is 23.6 Å². The van der Waals surface area contributed by atoms with Crippen molar-refractivity contribution in [3.05, 3.63) is 94.4 Å². The molecule has 0 fully saturated rings. The van der Waals surface area contributed by atoms with Gasteiger partial charge in [-0.2, -0.15) is 0 Å². The molecule has 1 atom stereocenters. The number of amidine groups is 1. The molecule has 182 valence electrons. The second-order valence-corrected chi connectivity index (χ2v) is 7.63. The monoisotopic (exact) mass is 486 g/mol. The van der Waals surface area contributed by atoms with E-state index in [1.165, 1.54) is 43.6 Å². The number of esters is 1.